The average Bonchev–Trinajstić information content (AvgIpc) is 2.34. The summed E-state index contributed by atoms with van der Waals surface area (Å²) in [5.41, 5.74) is 0.513. The number of carbonyl (C=O) groups excluding carboxylic acids is 1. The first-order chi connectivity index (χ1) is 8.58. The SMILES string of the molecule is CN1CCCC(C(=O)Nc2c(Cl)cccc2Cl)C1. The minimum Gasteiger partial charge on any atom is -0.323 e. The fourth-order valence-corrected chi connectivity index (χ4v) is 2.71. The van der Waals surface area contributed by atoms with Gasteiger partial charge in [0.05, 0.1) is 21.7 Å². The van der Waals surface area contributed by atoms with E-state index in [-0.39, 0.29) is 11.8 Å². The Morgan fingerprint density at radius 2 is 2.06 bits per heavy atom. The topological polar surface area (TPSA) is 32.3 Å². The molecule has 1 N–H and O–H groups in total. The lowest BCUT2D eigenvalue weighted by Gasteiger charge is -2.28. The molecule has 1 fully saturated rings. The lowest BCUT2D eigenvalue weighted by atomic mass is 9.97. The predicted molar refractivity (Wildman–Crippen MR) is 75.3 cm³/mol. The Hall–Kier alpha value is -0.770. The van der Waals surface area contributed by atoms with E-state index in [2.05, 4.69) is 10.2 Å². The van der Waals surface area contributed by atoms with E-state index < -0.39 is 0 Å². The van der Waals surface area contributed by atoms with E-state index in [1.54, 1.807) is 18.2 Å². The van der Waals surface area contributed by atoms with Gasteiger partial charge in [-0.3, -0.25) is 4.79 Å². The van der Waals surface area contributed by atoms with Gasteiger partial charge in [-0.1, -0.05) is 29.3 Å². The number of nitrogens with one attached hydrogen (secondary N) is 1. The summed E-state index contributed by atoms with van der Waals surface area (Å²) in [7, 11) is 2.03. The summed E-state index contributed by atoms with van der Waals surface area (Å²) in [6, 6.07) is 5.20. The number of amides is 1. The molecule has 1 unspecified atom stereocenters. The van der Waals surface area contributed by atoms with Gasteiger partial charge in [-0.05, 0) is 38.6 Å². The van der Waals surface area contributed by atoms with Crippen molar-refractivity contribution in [2.24, 2.45) is 5.92 Å². The predicted octanol–water partition coefficient (Wildman–Crippen LogP) is 3.27. The van der Waals surface area contributed by atoms with Crippen molar-refractivity contribution in [3.63, 3.8) is 0 Å². The fraction of sp³-hybridized carbons (Fsp3) is 0.462. The number of halogens is 2. The van der Waals surface area contributed by atoms with Crippen LogP contribution in [-0.4, -0.2) is 30.9 Å². The van der Waals surface area contributed by atoms with Crippen LogP contribution in [0, 0.1) is 5.92 Å². The molecular formula is C13H16Cl2N2O. The van der Waals surface area contributed by atoms with E-state index in [1.165, 1.54) is 0 Å². The van der Waals surface area contributed by atoms with Crippen LogP contribution in [0.25, 0.3) is 0 Å². The number of carbonyl (C=O) groups is 1. The average molecular weight is 287 g/mol. The number of anilines is 1. The van der Waals surface area contributed by atoms with E-state index in [0.717, 1.165) is 25.9 Å². The molecule has 1 aliphatic heterocycles. The number of hydrogen-bond donors (Lipinski definition) is 1. The molecule has 0 aromatic heterocycles. The number of nitrogens with zero attached hydrogens (tertiary/aromatic N) is 1. The summed E-state index contributed by atoms with van der Waals surface area (Å²) >= 11 is 12.1. The molecule has 5 heteroatoms. The highest BCUT2D eigenvalue weighted by molar-refractivity contribution is 6.39. The highest BCUT2D eigenvalue weighted by Crippen LogP contribution is 2.30. The van der Waals surface area contributed by atoms with Crippen molar-refractivity contribution in [3.8, 4) is 0 Å². The molecule has 0 radical (unpaired) electrons. The molecule has 1 aliphatic rings. The van der Waals surface area contributed by atoms with E-state index in [0.29, 0.717) is 15.7 Å². The van der Waals surface area contributed by atoms with Crippen molar-refractivity contribution in [1.29, 1.82) is 0 Å². The summed E-state index contributed by atoms with van der Waals surface area (Å²) in [5, 5.41) is 3.78. The number of benzene rings is 1. The van der Waals surface area contributed by atoms with E-state index in [9.17, 15) is 4.79 Å². The van der Waals surface area contributed by atoms with Crippen molar-refractivity contribution < 1.29 is 4.79 Å². The minimum absolute atomic E-state index is 0.00319. The number of hydrogen-bond acceptors (Lipinski definition) is 2. The van der Waals surface area contributed by atoms with Gasteiger partial charge in [0.1, 0.15) is 0 Å². The summed E-state index contributed by atoms with van der Waals surface area (Å²) in [6.07, 6.45) is 1.96. The molecule has 2 rings (SSSR count). The van der Waals surface area contributed by atoms with E-state index >= 15 is 0 Å². The maximum atomic E-state index is 12.2. The smallest absolute Gasteiger partial charge is 0.228 e. The zero-order chi connectivity index (χ0) is 13.1. The molecule has 1 atom stereocenters. The van der Waals surface area contributed by atoms with Gasteiger partial charge in [-0.25, -0.2) is 0 Å². The third kappa shape index (κ3) is 3.16. The monoisotopic (exact) mass is 286 g/mol. The number of rotatable bonds is 2. The molecular weight excluding hydrogens is 271 g/mol. The first-order valence-corrected chi connectivity index (χ1v) is 6.77. The standard InChI is InChI=1S/C13H16Cl2N2O/c1-17-7-3-4-9(8-17)13(18)16-12-10(14)5-2-6-11(12)15/h2,5-6,9H,3-4,7-8H2,1H3,(H,16,18). The lowest BCUT2D eigenvalue weighted by Crippen LogP contribution is -2.38. The van der Waals surface area contributed by atoms with Crippen molar-refractivity contribution >= 4 is 34.8 Å². The molecule has 0 saturated carbocycles. The van der Waals surface area contributed by atoms with E-state index in [4.69, 9.17) is 23.2 Å². The Morgan fingerprint density at radius 3 is 2.67 bits per heavy atom. The number of likely N-dealkylation sites (tertiary alicyclic amines) is 1. The van der Waals surface area contributed by atoms with Gasteiger partial charge in [-0.15, -0.1) is 0 Å². The molecule has 1 aromatic carbocycles. The molecule has 1 saturated heterocycles. The third-order valence-corrected chi connectivity index (χ3v) is 3.84. The van der Waals surface area contributed by atoms with Crippen LogP contribution in [0.2, 0.25) is 10.0 Å². The fourth-order valence-electron chi connectivity index (χ4n) is 2.22. The molecule has 1 heterocycles. The van der Waals surface area contributed by atoms with Crippen LogP contribution in [-0.2, 0) is 4.79 Å². The molecule has 0 aliphatic carbocycles. The van der Waals surface area contributed by atoms with Crippen LogP contribution in [0.1, 0.15) is 12.8 Å². The Balaban J connectivity index is 2.07. The van der Waals surface area contributed by atoms with Crippen molar-refractivity contribution in [2.75, 3.05) is 25.5 Å². The van der Waals surface area contributed by atoms with Gasteiger partial charge >= 0.3 is 0 Å². The Bertz CT molecular complexity index is 430. The second kappa shape index (κ2) is 5.91. The zero-order valence-corrected chi connectivity index (χ0v) is 11.8. The molecule has 18 heavy (non-hydrogen) atoms. The first-order valence-electron chi connectivity index (χ1n) is 6.01. The largest absolute Gasteiger partial charge is 0.323 e. The van der Waals surface area contributed by atoms with E-state index in [1.807, 2.05) is 7.05 Å². The van der Waals surface area contributed by atoms with Crippen LogP contribution in [0.3, 0.4) is 0 Å². The highest BCUT2D eigenvalue weighted by Gasteiger charge is 2.24. The minimum atomic E-state index is -0.00319. The highest BCUT2D eigenvalue weighted by atomic mass is 35.5. The van der Waals surface area contributed by atoms with Gasteiger partial charge < -0.3 is 10.2 Å². The quantitative estimate of drug-likeness (QED) is 0.905. The second-order valence-electron chi connectivity index (χ2n) is 4.69. The van der Waals surface area contributed by atoms with Gasteiger partial charge in [-0.2, -0.15) is 0 Å². The number of para-hydroxylation sites is 1. The maximum Gasteiger partial charge on any atom is 0.228 e. The van der Waals surface area contributed by atoms with Crippen LogP contribution in [0.5, 0.6) is 0 Å². The Labute approximate surface area is 117 Å². The van der Waals surface area contributed by atoms with Crippen molar-refractivity contribution in [1.82, 2.24) is 4.90 Å². The summed E-state index contributed by atoms with van der Waals surface area (Å²) in [6.45, 7) is 1.84. The lowest BCUT2D eigenvalue weighted by molar-refractivity contribution is -0.121. The van der Waals surface area contributed by atoms with Crippen LogP contribution in [0.4, 0.5) is 5.69 Å². The molecule has 0 bridgehead atoms. The molecule has 0 spiro atoms. The zero-order valence-electron chi connectivity index (χ0n) is 10.2. The summed E-state index contributed by atoms with van der Waals surface area (Å²) in [5.74, 6) is 0.00707. The summed E-state index contributed by atoms with van der Waals surface area (Å²) < 4.78 is 0. The van der Waals surface area contributed by atoms with Gasteiger partial charge in [0.2, 0.25) is 5.91 Å². The second-order valence-corrected chi connectivity index (χ2v) is 5.50. The molecule has 1 amide bonds. The van der Waals surface area contributed by atoms with Gasteiger partial charge in [0, 0.05) is 6.54 Å². The van der Waals surface area contributed by atoms with Crippen molar-refractivity contribution in [2.45, 2.75) is 12.8 Å². The van der Waals surface area contributed by atoms with Gasteiger partial charge in [0.15, 0.2) is 0 Å². The summed E-state index contributed by atoms with van der Waals surface area (Å²) in [4.78, 5) is 14.3. The number of piperidine rings is 1. The van der Waals surface area contributed by atoms with Crippen molar-refractivity contribution in [3.05, 3.63) is 28.2 Å². The Kier molecular flexibility index (Phi) is 4.49. The van der Waals surface area contributed by atoms with Crippen LogP contribution < -0.4 is 5.32 Å². The molecule has 98 valence electrons. The normalized spacial score (nSPS) is 20.7. The van der Waals surface area contributed by atoms with Crippen LogP contribution in [0.15, 0.2) is 18.2 Å². The molecule has 3 nitrogen and oxygen atoms in total. The third-order valence-electron chi connectivity index (χ3n) is 3.21. The van der Waals surface area contributed by atoms with Crippen LogP contribution >= 0.6 is 23.2 Å². The Morgan fingerprint density at radius 1 is 1.39 bits per heavy atom. The van der Waals surface area contributed by atoms with Gasteiger partial charge in [0.25, 0.3) is 0 Å². The molecule has 1 aromatic rings. The maximum absolute atomic E-state index is 12.2. The first kappa shape index (κ1) is 13.7.